The second-order valence-corrected chi connectivity index (χ2v) is 8.61. The van der Waals surface area contributed by atoms with Gasteiger partial charge in [0.2, 0.25) is 5.91 Å². The zero-order valence-corrected chi connectivity index (χ0v) is 19.4. The molecule has 0 spiro atoms. The van der Waals surface area contributed by atoms with Crippen LogP contribution in [-0.2, 0) is 4.79 Å². The second kappa shape index (κ2) is 10.9. The number of aromatic nitrogens is 1. The Balaban J connectivity index is 2.15. The molecule has 158 valence electrons. The van der Waals surface area contributed by atoms with E-state index in [1.165, 1.54) is 22.3 Å². The Morgan fingerprint density at radius 1 is 1.10 bits per heavy atom. The molecule has 0 radical (unpaired) electrons. The van der Waals surface area contributed by atoms with Gasteiger partial charge in [-0.25, -0.2) is 4.98 Å². The van der Waals surface area contributed by atoms with Gasteiger partial charge in [0, 0.05) is 23.5 Å². The van der Waals surface area contributed by atoms with E-state index in [9.17, 15) is 9.59 Å². The number of rotatable bonds is 9. The average Bonchev–Trinajstić information content (AvgIpc) is 3.00. The highest BCUT2D eigenvalue weighted by Gasteiger charge is 2.21. The van der Waals surface area contributed by atoms with Crippen LogP contribution < -0.4 is 5.32 Å². The summed E-state index contributed by atoms with van der Waals surface area (Å²) < 4.78 is 0. The van der Waals surface area contributed by atoms with Gasteiger partial charge in [-0.15, -0.1) is 11.3 Å². The molecule has 6 nitrogen and oxygen atoms in total. The van der Waals surface area contributed by atoms with Crippen molar-refractivity contribution in [3.8, 4) is 0 Å². The first-order chi connectivity index (χ1) is 13.7. The molecule has 1 N–H and O–H groups in total. The maximum atomic E-state index is 13.1. The van der Waals surface area contributed by atoms with Crippen molar-refractivity contribution in [1.29, 1.82) is 0 Å². The molecule has 0 aliphatic heterocycles. The molecule has 2 aromatic rings. The molecule has 29 heavy (non-hydrogen) atoms. The highest BCUT2D eigenvalue weighted by molar-refractivity contribution is 7.15. The highest BCUT2D eigenvalue weighted by Crippen LogP contribution is 2.24. The van der Waals surface area contributed by atoms with Gasteiger partial charge in [-0.1, -0.05) is 37.0 Å². The molecule has 0 fully saturated rings. The summed E-state index contributed by atoms with van der Waals surface area (Å²) >= 11 is 13.4. The molecule has 1 aromatic carbocycles. The van der Waals surface area contributed by atoms with E-state index in [0.717, 1.165) is 23.7 Å². The van der Waals surface area contributed by atoms with Gasteiger partial charge >= 0.3 is 0 Å². The summed E-state index contributed by atoms with van der Waals surface area (Å²) in [5.41, 5.74) is 1.28. The molecule has 2 rings (SSSR count). The maximum Gasteiger partial charge on any atom is 0.254 e. The molecule has 9 heteroatoms. The summed E-state index contributed by atoms with van der Waals surface area (Å²) in [4.78, 5) is 34.7. The van der Waals surface area contributed by atoms with Crippen molar-refractivity contribution < 1.29 is 9.59 Å². The Hall–Kier alpha value is -1.67. The third kappa shape index (κ3) is 6.67. The minimum Gasteiger partial charge on any atom is -0.328 e. The standard InChI is InChI=1S/C20H26Cl2N4O2S/c1-5-25(6-2)9-10-26(19(28)15-7-8-16(21)17(22)11-15)12-18(27)24-20-23-13(3)14(4)29-20/h7-8,11H,5-6,9-10,12H2,1-4H3,(H,23,24,27). The number of benzene rings is 1. The molecule has 0 aliphatic rings. The molecular weight excluding hydrogens is 431 g/mol. The fourth-order valence-corrected chi connectivity index (χ4v) is 3.85. The molecule has 0 saturated heterocycles. The minimum atomic E-state index is -0.285. The van der Waals surface area contributed by atoms with Crippen molar-refractivity contribution in [3.05, 3.63) is 44.4 Å². The van der Waals surface area contributed by atoms with Crippen LogP contribution in [0.2, 0.25) is 10.0 Å². The first-order valence-electron chi connectivity index (χ1n) is 9.45. The van der Waals surface area contributed by atoms with Crippen LogP contribution in [0, 0.1) is 13.8 Å². The molecule has 0 unspecified atom stereocenters. The number of carbonyl (C=O) groups is 2. The summed E-state index contributed by atoms with van der Waals surface area (Å²) in [5.74, 6) is -0.552. The van der Waals surface area contributed by atoms with Crippen LogP contribution in [0.5, 0.6) is 0 Å². The van der Waals surface area contributed by atoms with Gasteiger partial charge in [0.25, 0.3) is 5.91 Å². The lowest BCUT2D eigenvalue weighted by Crippen LogP contribution is -2.42. The normalized spacial score (nSPS) is 11.0. The predicted octanol–water partition coefficient (Wildman–Crippen LogP) is 4.49. The van der Waals surface area contributed by atoms with Crippen molar-refractivity contribution >= 4 is 51.5 Å². The van der Waals surface area contributed by atoms with E-state index in [-0.39, 0.29) is 18.4 Å². The Morgan fingerprint density at radius 3 is 2.34 bits per heavy atom. The minimum absolute atomic E-state index is 0.0714. The maximum absolute atomic E-state index is 13.1. The van der Waals surface area contributed by atoms with Gasteiger partial charge in [0.15, 0.2) is 5.13 Å². The molecule has 0 aliphatic carbocycles. The van der Waals surface area contributed by atoms with E-state index >= 15 is 0 Å². The number of halogens is 2. The number of nitrogens with one attached hydrogen (secondary N) is 1. The quantitative estimate of drug-likeness (QED) is 0.603. The lowest BCUT2D eigenvalue weighted by atomic mass is 10.2. The number of nitrogens with zero attached hydrogens (tertiary/aromatic N) is 3. The van der Waals surface area contributed by atoms with Crippen molar-refractivity contribution in [2.45, 2.75) is 27.7 Å². The van der Waals surface area contributed by atoms with Crippen LogP contribution in [0.25, 0.3) is 0 Å². The summed E-state index contributed by atoms with van der Waals surface area (Å²) in [6.07, 6.45) is 0. The van der Waals surface area contributed by atoms with Crippen LogP contribution in [0.15, 0.2) is 18.2 Å². The van der Waals surface area contributed by atoms with Crippen LogP contribution in [-0.4, -0.2) is 59.3 Å². The smallest absolute Gasteiger partial charge is 0.254 e. The molecule has 0 atom stereocenters. The second-order valence-electron chi connectivity index (χ2n) is 6.59. The lowest BCUT2D eigenvalue weighted by Gasteiger charge is -2.26. The van der Waals surface area contributed by atoms with Gasteiger partial charge in [0.1, 0.15) is 6.54 Å². The van der Waals surface area contributed by atoms with Gasteiger partial charge < -0.3 is 15.1 Å². The van der Waals surface area contributed by atoms with E-state index < -0.39 is 0 Å². The SMILES string of the molecule is CCN(CC)CCN(CC(=O)Nc1nc(C)c(C)s1)C(=O)c1ccc(Cl)c(Cl)c1. The number of thiazole rings is 1. The van der Waals surface area contributed by atoms with Crippen LogP contribution in [0.1, 0.15) is 34.8 Å². The van der Waals surface area contributed by atoms with Crippen LogP contribution in [0.3, 0.4) is 0 Å². The number of hydrogen-bond acceptors (Lipinski definition) is 5. The Morgan fingerprint density at radius 2 is 1.79 bits per heavy atom. The monoisotopic (exact) mass is 456 g/mol. The number of aryl methyl sites for hydroxylation is 2. The number of hydrogen-bond donors (Lipinski definition) is 1. The molecule has 1 aromatic heterocycles. The zero-order valence-electron chi connectivity index (χ0n) is 17.1. The fourth-order valence-electron chi connectivity index (χ4n) is 2.72. The number of likely N-dealkylation sites (N-methyl/N-ethyl adjacent to an activating group) is 1. The van der Waals surface area contributed by atoms with Crippen LogP contribution >= 0.6 is 34.5 Å². The number of amides is 2. The Kier molecular flexibility index (Phi) is 8.89. The molecule has 0 saturated carbocycles. The van der Waals surface area contributed by atoms with Gasteiger partial charge in [-0.05, 0) is 45.1 Å². The van der Waals surface area contributed by atoms with E-state index in [2.05, 4.69) is 29.0 Å². The average molecular weight is 457 g/mol. The third-order valence-electron chi connectivity index (χ3n) is 4.64. The lowest BCUT2D eigenvalue weighted by molar-refractivity contribution is -0.116. The first-order valence-corrected chi connectivity index (χ1v) is 11.0. The van der Waals surface area contributed by atoms with Gasteiger partial charge in [-0.3, -0.25) is 9.59 Å². The predicted molar refractivity (Wildman–Crippen MR) is 120 cm³/mol. The fraction of sp³-hybridized carbons (Fsp3) is 0.450. The van der Waals surface area contributed by atoms with Gasteiger partial charge in [0.05, 0.1) is 15.7 Å². The molecule has 2 amide bonds. The Bertz CT molecular complexity index is 849. The molecule has 0 bridgehead atoms. The molecular formula is C20H26Cl2N4O2S. The third-order valence-corrected chi connectivity index (χ3v) is 6.37. The number of anilines is 1. The highest BCUT2D eigenvalue weighted by atomic mass is 35.5. The van der Waals surface area contributed by atoms with E-state index in [1.54, 1.807) is 12.1 Å². The summed E-state index contributed by atoms with van der Waals surface area (Å²) in [5, 5.41) is 4.01. The first kappa shape index (κ1) is 23.6. The van der Waals surface area contributed by atoms with Crippen LogP contribution in [0.4, 0.5) is 5.13 Å². The van der Waals surface area contributed by atoms with E-state index in [4.69, 9.17) is 23.2 Å². The summed E-state index contributed by atoms with van der Waals surface area (Å²) in [6, 6.07) is 4.73. The van der Waals surface area contributed by atoms with Crippen molar-refractivity contribution in [1.82, 2.24) is 14.8 Å². The van der Waals surface area contributed by atoms with Crippen molar-refractivity contribution in [2.24, 2.45) is 0 Å². The van der Waals surface area contributed by atoms with Crippen molar-refractivity contribution in [3.63, 3.8) is 0 Å². The van der Waals surface area contributed by atoms with Gasteiger partial charge in [-0.2, -0.15) is 0 Å². The topological polar surface area (TPSA) is 65.5 Å². The van der Waals surface area contributed by atoms with Crippen molar-refractivity contribution in [2.75, 3.05) is 38.0 Å². The zero-order chi connectivity index (χ0) is 21.6. The van der Waals surface area contributed by atoms with E-state index in [0.29, 0.717) is 33.8 Å². The summed E-state index contributed by atoms with van der Waals surface area (Å²) in [6.45, 7) is 10.7. The largest absolute Gasteiger partial charge is 0.328 e. The number of carbonyl (C=O) groups excluding carboxylic acids is 2. The molecule has 1 heterocycles. The summed E-state index contributed by atoms with van der Waals surface area (Å²) in [7, 11) is 0. The van der Waals surface area contributed by atoms with E-state index in [1.807, 2.05) is 13.8 Å². The Labute approximate surface area is 185 Å².